The average molecular weight is 210 g/mol. The molecule has 1 rings (SSSR count). The third kappa shape index (κ3) is 2.85. The van der Waals surface area contributed by atoms with Crippen molar-refractivity contribution in [2.75, 3.05) is 26.2 Å². The van der Waals surface area contributed by atoms with Crippen molar-refractivity contribution < 1.29 is 13.2 Å². The Labute approximate surface area is 82.5 Å². The monoisotopic (exact) mass is 210 g/mol. The fraction of sp³-hybridized carbons (Fsp3) is 1.00. The number of alkyl halides is 3. The first-order chi connectivity index (χ1) is 6.37. The van der Waals surface area contributed by atoms with Crippen LogP contribution in [-0.4, -0.2) is 42.8 Å². The van der Waals surface area contributed by atoms with E-state index in [9.17, 15) is 13.2 Å². The van der Waals surface area contributed by atoms with Crippen LogP contribution in [0.5, 0.6) is 0 Å². The summed E-state index contributed by atoms with van der Waals surface area (Å²) in [7, 11) is 0. The molecule has 1 unspecified atom stereocenters. The second-order valence-electron chi connectivity index (χ2n) is 4.06. The van der Waals surface area contributed by atoms with Crippen LogP contribution >= 0.6 is 0 Å². The van der Waals surface area contributed by atoms with Gasteiger partial charge in [-0.1, -0.05) is 6.92 Å². The lowest BCUT2D eigenvalue weighted by molar-refractivity contribution is -0.161. The van der Waals surface area contributed by atoms with Crippen molar-refractivity contribution in [2.24, 2.45) is 0 Å². The van der Waals surface area contributed by atoms with E-state index in [0.717, 1.165) is 6.42 Å². The van der Waals surface area contributed by atoms with E-state index in [1.165, 1.54) is 4.90 Å². The first-order valence-electron chi connectivity index (χ1n) is 4.90. The van der Waals surface area contributed by atoms with E-state index in [1.54, 1.807) is 0 Å². The number of piperazine rings is 1. The molecule has 0 aliphatic carbocycles. The van der Waals surface area contributed by atoms with Crippen LogP contribution in [0, 0.1) is 0 Å². The first kappa shape index (κ1) is 11.8. The SMILES string of the molecule is CCC1(C)CNCCN1CC(F)(F)F. The third-order valence-corrected chi connectivity index (χ3v) is 2.96. The van der Waals surface area contributed by atoms with Crippen LogP contribution in [0.4, 0.5) is 13.2 Å². The largest absolute Gasteiger partial charge is 0.401 e. The Morgan fingerprint density at radius 3 is 2.57 bits per heavy atom. The van der Waals surface area contributed by atoms with Crippen molar-refractivity contribution in [3.63, 3.8) is 0 Å². The van der Waals surface area contributed by atoms with Gasteiger partial charge in [0, 0.05) is 25.2 Å². The zero-order valence-electron chi connectivity index (χ0n) is 8.62. The Kier molecular flexibility index (Phi) is 3.42. The second-order valence-corrected chi connectivity index (χ2v) is 4.06. The van der Waals surface area contributed by atoms with Gasteiger partial charge in [-0.2, -0.15) is 13.2 Å². The molecule has 1 fully saturated rings. The lowest BCUT2D eigenvalue weighted by Crippen LogP contribution is -2.61. The van der Waals surface area contributed by atoms with Gasteiger partial charge in [-0.15, -0.1) is 0 Å². The van der Waals surface area contributed by atoms with Crippen LogP contribution in [0.2, 0.25) is 0 Å². The average Bonchev–Trinajstić information content (AvgIpc) is 2.07. The summed E-state index contributed by atoms with van der Waals surface area (Å²) in [5.41, 5.74) is -0.353. The van der Waals surface area contributed by atoms with Crippen molar-refractivity contribution in [1.29, 1.82) is 0 Å². The molecule has 1 heterocycles. The molecule has 0 aromatic heterocycles. The van der Waals surface area contributed by atoms with Crippen LogP contribution in [0.15, 0.2) is 0 Å². The van der Waals surface area contributed by atoms with Gasteiger partial charge in [0.05, 0.1) is 6.54 Å². The van der Waals surface area contributed by atoms with Gasteiger partial charge in [0.25, 0.3) is 0 Å². The number of rotatable bonds is 2. The van der Waals surface area contributed by atoms with Crippen LogP contribution in [0.25, 0.3) is 0 Å². The number of nitrogens with one attached hydrogen (secondary N) is 1. The Morgan fingerprint density at radius 2 is 2.07 bits per heavy atom. The van der Waals surface area contributed by atoms with E-state index in [4.69, 9.17) is 0 Å². The highest BCUT2D eigenvalue weighted by Crippen LogP contribution is 2.26. The standard InChI is InChI=1S/C9H17F3N2/c1-3-8(2)6-13-4-5-14(8)7-9(10,11)12/h13H,3-7H2,1-2H3. The molecule has 0 saturated carbocycles. The van der Waals surface area contributed by atoms with E-state index in [1.807, 2.05) is 13.8 Å². The lowest BCUT2D eigenvalue weighted by Gasteiger charge is -2.45. The lowest BCUT2D eigenvalue weighted by atomic mass is 9.94. The highest BCUT2D eigenvalue weighted by Gasteiger charge is 2.39. The molecule has 1 aliphatic rings. The molecule has 1 N–H and O–H groups in total. The van der Waals surface area contributed by atoms with E-state index in [2.05, 4.69) is 5.32 Å². The minimum Gasteiger partial charge on any atom is -0.314 e. The highest BCUT2D eigenvalue weighted by molar-refractivity contribution is 4.92. The molecule has 0 aromatic carbocycles. The molecular formula is C9H17F3N2. The summed E-state index contributed by atoms with van der Waals surface area (Å²) < 4.78 is 36.8. The normalized spacial score (nSPS) is 30.6. The maximum absolute atomic E-state index is 12.3. The minimum atomic E-state index is -4.09. The molecule has 14 heavy (non-hydrogen) atoms. The third-order valence-electron chi connectivity index (χ3n) is 2.96. The fourth-order valence-corrected chi connectivity index (χ4v) is 1.79. The van der Waals surface area contributed by atoms with Crippen molar-refractivity contribution in [3.8, 4) is 0 Å². The van der Waals surface area contributed by atoms with Gasteiger partial charge >= 0.3 is 6.18 Å². The van der Waals surface area contributed by atoms with Gasteiger partial charge in [0.1, 0.15) is 0 Å². The summed E-state index contributed by atoms with van der Waals surface area (Å²) in [5, 5.41) is 3.13. The number of nitrogens with zero attached hydrogens (tertiary/aromatic N) is 1. The molecule has 1 aliphatic heterocycles. The zero-order valence-corrected chi connectivity index (χ0v) is 8.62. The molecule has 0 radical (unpaired) electrons. The maximum atomic E-state index is 12.3. The van der Waals surface area contributed by atoms with Gasteiger partial charge in [-0.3, -0.25) is 4.90 Å². The van der Waals surface area contributed by atoms with E-state index >= 15 is 0 Å². The van der Waals surface area contributed by atoms with E-state index < -0.39 is 12.7 Å². The Hall–Kier alpha value is -0.290. The van der Waals surface area contributed by atoms with Gasteiger partial charge in [-0.25, -0.2) is 0 Å². The van der Waals surface area contributed by atoms with Crippen LogP contribution < -0.4 is 5.32 Å². The topological polar surface area (TPSA) is 15.3 Å². The summed E-state index contributed by atoms with van der Waals surface area (Å²) in [6.45, 7) is 4.77. The number of hydrogen-bond acceptors (Lipinski definition) is 2. The molecule has 5 heteroatoms. The molecule has 0 aromatic rings. The quantitative estimate of drug-likeness (QED) is 0.745. The molecule has 84 valence electrons. The Balaban J connectivity index is 2.64. The zero-order chi connectivity index (χ0) is 10.8. The van der Waals surface area contributed by atoms with Crippen LogP contribution in [0.1, 0.15) is 20.3 Å². The molecule has 0 amide bonds. The van der Waals surface area contributed by atoms with Crippen molar-refractivity contribution in [2.45, 2.75) is 32.0 Å². The van der Waals surface area contributed by atoms with Crippen molar-refractivity contribution in [1.82, 2.24) is 10.2 Å². The summed E-state index contributed by atoms with van der Waals surface area (Å²) in [4.78, 5) is 1.53. The predicted octanol–water partition coefficient (Wildman–Crippen LogP) is 1.62. The van der Waals surface area contributed by atoms with Gasteiger partial charge in [-0.05, 0) is 13.3 Å². The van der Waals surface area contributed by atoms with Crippen LogP contribution in [0.3, 0.4) is 0 Å². The molecule has 1 saturated heterocycles. The second kappa shape index (κ2) is 4.06. The molecular weight excluding hydrogens is 193 g/mol. The predicted molar refractivity (Wildman–Crippen MR) is 49.2 cm³/mol. The van der Waals surface area contributed by atoms with E-state index in [0.29, 0.717) is 19.6 Å². The first-order valence-corrected chi connectivity index (χ1v) is 4.90. The van der Waals surface area contributed by atoms with Crippen molar-refractivity contribution >= 4 is 0 Å². The smallest absolute Gasteiger partial charge is 0.314 e. The highest BCUT2D eigenvalue weighted by atomic mass is 19.4. The summed E-state index contributed by atoms with van der Waals surface area (Å²) in [5.74, 6) is 0. The molecule has 0 spiro atoms. The number of halogens is 3. The van der Waals surface area contributed by atoms with Gasteiger partial charge in [0.15, 0.2) is 0 Å². The summed E-state index contributed by atoms with van der Waals surface area (Å²) in [6, 6.07) is 0. The van der Waals surface area contributed by atoms with Gasteiger partial charge in [0.2, 0.25) is 0 Å². The maximum Gasteiger partial charge on any atom is 0.401 e. The molecule has 2 nitrogen and oxygen atoms in total. The minimum absolute atomic E-state index is 0.353. The van der Waals surface area contributed by atoms with E-state index in [-0.39, 0.29) is 5.54 Å². The van der Waals surface area contributed by atoms with Gasteiger partial charge < -0.3 is 5.32 Å². The van der Waals surface area contributed by atoms with Crippen molar-refractivity contribution in [3.05, 3.63) is 0 Å². The molecule has 0 bridgehead atoms. The van der Waals surface area contributed by atoms with Crippen LogP contribution in [-0.2, 0) is 0 Å². The summed E-state index contributed by atoms with van der Waals surface area (Å²) in [6.07, 6.45) is -3.36. The molecule has 1 atom stereocenters. The number of hydrogen-bond donors (Lipinski definition) is 1. The fourth-order valence-electron chi connectivity index (χ4n) is 1.79. The Morgan fingerprint density at radius 1 is 1.43 bits per heavy atom. The Bertz CT molecular complexity index is 193. The summed E-state index contributed by atoms with van der Waals surface area (Å²) >= 11 is 0.